The number of carbonyl (C=O) groups excluding carboxylic acids is 2. The van der Waals surface area contributed by atoms with Crippen molar-refractivity contribution in [2.24, 2.45) is 5.92 Å². The van der Waals surface area contributed by atoms with Crippen molar-refractivity contribution >= 4 is 17.8 Å². The number of hydrogen-bond donors (Lipinski definition) is 4. The number of hydrogen-bond acceptors (Lipinski definition) is 6. The zero-order chi connectivity index (χ0) is 20.7. The number of aliphatic hydroxyl groups excluding tert-OH is 1. The van der Waals surface area contributed by atoms with E-state index in [0.717, 1.165) is 38.0 Å². The van der Waals surface area contributed by atoms with E-state index in [1.165, 1.54) is 0 Å². The number of nitrogens with one attached hydrogen (secondary N) is 3. The van der Waals surface area contributed by atoms with Gasteiger partial charge in [-0.25, -0.2) is 9.78 Å². The number of dihydropyridines is 1. The summed E-state index contributed by atoms with van der Waals surface area (Å²) in [4.78, 5) is 34.1. The van der Waals surface area contributed by atoms with Gasteiger partial charge in [-0.05, 0) is 43.4 Å². The average molecular weight is 410 g/mol. The van der Waals surface area contributed by atoms with Crippen molar-refractivity contribution in [3.8, 4) is 0 Å². The van der Waals surface area contributed by atoms with E-state index in [9.17, 15) is 14.7 Å². The molecule has 4 N–H and O–H groups in total. The molecule has 1 aromatic heterocycles. The van der Waals surface area contributed by atoms with Crippen molar-refractivity contribution in [2.75, 3.05) is 25.0 Å². The van der Waals surface area contributed by atoms with E-state index in [-0.39, 0.29) is 30.6 Å². The van der Waals surface area contributed by atoms with Crippen LogP contribution in [0.25, 0.3) is 0 Å². The van der Waals surface area contributed by atoms with Crippen LogP contribution in [0.1, 0.15) is 19.3 Å². The number of amides is 3. The zero-order valence-electron chi connectivity index (χ0n) is 16.6. The minimum Gasteiger partial charge on any atom is -0.394 e. The molecule has 0 spiro atoms. The van der Waals surface area contributed by atoms with Gasteiger partial charge in [0.2, 0.25) is 5.91 Å². The van der Waals surface area contributed by atoms with E-state index >= 15 is 0 Å². The van der Waals surface area contributed by atoms with Crippen LogP contribution in [0.15, 0.2) is 48.1 Å². The highest BCUT2D eigenvalue weighted by atomic mass is 16.3. The third-order valence-corrected chi connectivity index (χ3v) is 6.21. The molecule has 3 amide bonds. The van der Waals surface area contributed by atoms with Crippen LogP contribution in [0.4, 0.5) is 10.6 Å². The molecule has 1 aliphatic carbocycles. The number of anilines is 1. The lowest BCUT2D eigenvalue weighted by Crippen LogP contribution is -2.57. The second-order valence-corrected chi connectivity index (χ2v) is 8.25. The van der Waals surface area contributed by atoms with Gasteiger partial charge in [0.05, 0.1) is 24.4 Å². The summed E-state index contributed by atoms with van der Waals surface area (Å²) in [7, 11) is 0. The molecule has 1 aromatic rings. The summed E-state index contributed by atoms with van der Waals surface area (Å²) in [6.45, 7) is 1.58. The Morgan fingerprint density at radius 1 is 1.30 bits per heavy atom. The van der Waals surface area contributed by atoms with Gasteiger partial charge in [-0.3, -0.25) is 15.0 Å². The van der Waals surface area contributed by atoms with E-state index in [4.69, 9.17) is 0 Å². The molecule has 2 fully saturated rings. The molecular weight excluding hydrogens is 384 g/mol. The molecule has 3 atom stereocenters. The zero-order valence-corrected chi connectivity index (χ0v) is 16.6. The van der Waals surface area contributed by atoms with Crippen molar-refractivity contribution in [1.82, 2.24) is 25.4 Å². The topological polar surface area (TPSA) is 110 Å². The Balaban J connectivity index is 1.34. The van der Waals surface area contributed by atoms with Crippen molar-refractivity contribution in [3.63, 3.8) is 0 Å². The summed E-state index contributed by atoms with van der Waals surface area (Å²) in [6, 6.07) is 4.32. The number of aliphatic hydroxyl groups is 1. The molecule has 5 rings (SSSR count). The van der Waals surface area contributed by atoms with Gasteiger partial charge in [0.1, 0.15) is 17.7 Å². The predicted molar refractivity (Wildman–Crippen MR) is 110 cm³/mol. The van der Waals surface area contributed by atoms with E-state index < -0.39 is 6.04 Å². The van der Waals surface area contributed by atoms with Crippen LogP contribution >= 0.6 is 0 Å². The maximum Gasteiger partial charge on any atom is 0.328 e. The third-order valence-electron chi connectivity index (χ3n) is 6.21. The molecule has 9 nitrogen and oxygen atoms in total. The summed E-state index contributed by atoms with van der Waals surface area (Å²) >= 11 is 0. The van der Waals surface area contributed by atoms with Crippen LogP contribution in [-0.4, -0.2) is 69.7 Å². The van der Waals surface area contributed by atoms with Crippen molar-refractivity contribution in [2.45, 2.75) is 37.4 Å². The Labute approximate surface area is 174 Å². The number of fused-ring (bicyclic) bond motifs is 3. The van der Waals surface area contributed by atoms with Gasteiger partial charge in [0.15, 0.2) is 0 Å². The number of rotatable bonds is 5. The summed E-state index contributed by atoms with van der Waals surface area (Å²) in [6.07, 6.45) is 8.31. The largest absolute Gasteiger partial charge is 0.394 e. The van der Waals surface area contributed by atoms with Gasteiger partial charge in [0, 0.05) is 19.3 Å². The summed E-state index contributed by atoms with van der Waals surface area (Å²) < 4.78 is 0. The SMILES string of the molecule is O=C(NC(CO)C1CC1)C1C=CC2=C(N1)N(C(=O)Nc1ccccn1)[C@H]1CCN2C1. The van der Waals surface area contributed by atoms with Gasteiger partial charge >= 0.3 is 6.03 Å². The first kappa shape index (κ1) is 18.9. The lowest BCUT2D eigenvalue weighted by molar-refractivity contribution is -0.123. The fourth-order valence-corrected chi connectivity index (χ4v) is 4.45. The number of nitrogens with zero attached hydrogens (tertiary/aromatic N) is 3. The van der Waals surface area contributed by atoms with Crippen LogP contribution in [0.5, 0.6) is 0 Å². The summed E-state index contributed by atoms with van der Waals surface area (Å²) in [5.74, 6) is 1.30. The van der Waals surface area contributed by atoms with Crippen molar-refractivity contribution in [3.05, 3.63) is 48.1 Å². The van der Waals surface area contributed by atoms with Gasteiger partial charge in [0.25, 0.3) is 0 Å². The van der Waals surface area contributed by atoms with E-state index in [0.29, 0.717) is 17.6 Å². The average Bonchev–Trinajstić information content (AvgIpc) is 3.53. The fraction of sp³-hybridized carbons (Fsp3) is 0.476. The van der Waals surface area contributed by atoms with E-state index in [2.05, 4.69) is 25.8 Å². The summed E-state index contributed by atoms with van der Waals surface area (Å²) in [5.41, 5.74) is 0.921. The Hall–Kier alpha value is -3.07. The first-order chi connectivity index (χ1) is 14.6. The maximum atomic E-state index is 13.1. The number of aromatic nitrogens is 1. The number of urea groups is 1. The molecule has 9 heteroatoms. The standard InChI is InChI=1S/C21H26N6O3/c28-12-16(13-4-5-13)24-20(29)15-6-7-17-19(23-15)27(14-8-10-26(17)11-14)21(30)25-18-3-1-2-9-22-18/h1-3,6-7,9,13-16,23,28H,4-5,8,10-12H2,(H,24,29)(H,22,25,30)/t14-,15?,16?/m0/s1. The van der Waals surface area contributed by atoms with Gasteiger partial charge in [-0.1, -0.05) is 12.1 Å². The van der Waals surface area contributed by atoms with E-state index in [1.807, 2.05) is 18.2 Å². The highest BCUT2D eigenvalue weighted by Gasteiger charge is 2.43. The van der Waals surface area contributed by atoms with Crippen molar-refractivity contribution in [1.29, 1.82) is 0 Å². The number of pyridine rings is 1. The molecule has 4 aliphatic rings. The molecule has 30 heavy (non-hydrogen) atoms. The van der Waals surface area contributed by atoms with Gasteiger partial charge < -0.3 is 20.6 Å². The molecule has 3 aliphatic heterocycles. The summed E-state index contributed by atoms with van der Waals surface area (Å²) in [5, 5.41) is 18.6. The van der Waals surface area contributed by atoms with Crippen LogP contribution in [0.2, 0.25) is 0 Å². The minimum absolute atomic E-state index is 0.0341. The maximum absolute atomic E-state index is 13.1. The number of carbonyl (C=O) groups is 2. The predicted octanol–water partition coefficient (Wildman–Crippen LogP) is 0.588. The second-order valence-electron chi connectivity index (χ2n) is 8.25. The molecule has 2 bridgehead atoms. The number of allylic oxidation sites excluding steroid dienone is 1. The molecule has 4 heterocycles. The van der Waals surface area contributed by atoms with Crippen LogP contribution in [0, 0.1) is 5.92 Å². The highest BCUT2D eigenvalue weighted by Crippen LogP contribution is 2.34. The Bertz CT molecular complexity index is 897. The fourth-order valence-electron chi connectivity index (χ4n) is 4.45. The molecule has 0 radical (unpaired) electrons. The van der Waals surface area contributed by atoms with Crippen LogP contribution in [0.3, 0.4) is 0 Å². The van der Waals surface area contributed by atoms with Gasteiger partial charge in [-0.2, -0.15) is 0 Å². The van der Waals surface area contributed by atoms with Gasteiger partial charge in [-0.15, -0.1) is 0 Å². The monoisotopic (exact) mass is 410 g/mol. The minimum atomic E-state index is -0.597. The van der Waals surface area contributed by atoms with Crippen LogP contribution in [-0.2, 0) is 4.79 Å². The smallest absolute Gasteiger partial charge is 0.328 e. The van der Waals surface area contributed by atoms with E-state index in [1.54, 1.807) is 23.2 Å². The molecule has 158 valence electrons. The molecule has 0 aromatic carbocycles. The molecule has 2 unspecified atom stereocenters. The first-order valence-corrected chi connectivity index (χ1v) is 10.5. The third kappa shape index (κ3) is 3.49. The molecule has 1 saturated heterocycles. The first-order valence-electron chi connectivity index (χ1n) is 10.5. The Kier molecular flexibility index (Phi) is 4.82. The highest BCUT2D eigenvalue weighted by molar-refractivity contribution is 5.91. The normalized spacial score (nSPS) is 25.5. The second kappa shape index (κ2) is 7.64. The lowest BCUT2D eigenvalue weighted by atomic mass is 10.1. The van der Waals surface area contributed by atoms with Crippen LogP contribution < -0.4 is 16.0 Å². The lowest BCUT2D eigenvalue weighted by Gasteiger charge is -2.41. The molecular formula is C21H26N6O3. The van der Waals surface area contributed by atoms with Crippen molar-refractivity contribution < 1.29 is 14.7 Å². The Morgan fingerprint density at radius 3 is 2.90 bits per heavy atom. The Morgan fingerprint density at radius 2 is 2.17 bits per heavy atom. The molecule has 1 saturated carbocycles. The quantitative estimate of drug-likeness (QED) is 0.566.